The molecule has 0 aliphatic rings. The van der Waals surface area contributed by atoms with Crippen LogP contribution in [0.2, 0.25) is 0 Å². The van der Waals surface area contributed by atoms with Gasteiger partial charge in [-0.25, -0.2) is 0 Å². The van der Waals surface area contributed by atoms with E-state index in [1.165, 1.54) is 0 Å². The maximum Gasteiger partial charge on any atom is 0.253 e. The second-order valence-corrected chi connectivity index (χ2v) is 6.69. The minimum atomic E-state index is 0.0448. The Bertz CT molecular complexity index is 605. The molecule has 2 aromatic rings. The Morgan fingerprint density at radius 2 is 2.05 bits per heavy atom. The molecule has 0 atom stereocenters. The largest absolute Gasteiger partial charge is 0.482 e. The Hall–Kier alpha value is -1.40. The van der Waals surface area contributed by atoms with Crippen molar-refractivity contribution in [1.29, 1.82) is 0 Å². The van der Waals surface area contributed by atoms with Gasteiger partial charge in [-0.05, 0) is 42.8 Å². The summed E-state index contributed by atoms with van der Waals surface area (Å²) < 4.78 is 12.1. The van der Waals surface area contributed by atoms with E-state index in [0.717, 1.165) is 22.3 Å². The first-order valence-corrected chi connectivity index (χ1v) is 7.58. The van der Waals surface area contributed by atoms with Gasteiger partial charge >= 0.3 is 0 Å². The van der Waals surface area contributed by atoms with Crippen LogP contribution in [-0.4, -0.2) is 15.7 Å². The SMILES string of the molecule is Cc1nnc(COc2c(Br)cccc2CNC(C)(C)C)o1. The number of nitrogens with one attached hydrogen (secondary N) is 1. The van der Waals surface area contributed by atoms with E-state index in [2.05, 4.69) is 52.2 Å². The third-order valence-electron chi connectivity index (χ3n) is 2.77. The van der Waals surface area contributed by atoms with Gasteiger partial charge in [0.25, 0.3) is 5.89 Å². The highest BCUT2D eigenvalue weighted by atomic mass is 79.9. The van der Waals surface area contributed by atoms with Gasteiger partial charge in [0.15, 0.2) is 6.61 Å². The van der Waals surface area contributed by atoms with Crippen molar-refractivity contribution in [2.45, 2.75) is 46.4 Å². The van der Waals surface area contributed by atoms with Crippen molar-refractivity contribution in [2.24, 2.45) is 0 Å². The quantitative estimate of drug-likeness (QED) is 0.889. The van der Waals surface area contributed by atoms with Crippen LogP contribution < -0.4 is 10.1 Å². The summed E-state index contributed by atoms with van der Waals surface area (Å²) in [5, 5.41) is 11.2. The fourth-order valence-electron chi connectivity index (χ4n) is 1.74. The fraction of sp³-hybridized carbons (Fsp3) is 0.467. The van der Waals surface area contributed by atoms with Crippen molar-refractivity contribution < 1.29 is 9.15 Å². The lowest BCUT2D eigenvalue weighted by molar-refractivity contribution is 0.255. The molecule has 2 rings (SSSR count). The molecule has 1 aromatic heterocycles. The van der Waals surface area contributed by atoms with Crippen molar-refractivity contribution in [1.82, 2.24) is 15.5 Å². The Labute approximate surface area is 133 Å². The third-order valence-corrected chi connectivity index (χ3v) is 3.39. The Kier molecular flexibility index (Phi) is 5.00. The van der Waals surface area contributed by atoms with Crippen LogP contribution in [0.5, 0.6) is 5.75 Å². The van der Waals surface area contributed by atoms with Gasteiger partial charge < -0.3 is 14.5 Å². The molecule has 0 bridgehead atoms. The molecule has 0 aliphatic heterocycles. The summed E-state index contributed by atoms with van der Waals surface area (Å²) in [5.74, 6) is 1.80. The van der Waals surface area contributed by atoms with Crippen LogP contribution >= 0.6 is 15.9 Å². The number of rotatable bonds is 5. The predicted octanol–water partition coefficient (Wildman–Crippen LogP) is 3.61. The van der Waals surface area contributed by atoms with Gasteiger partial charge in [0.1, 0.15) is 5.75 Å². The highest BCUT2D eigenvalue weighted by Crippen LogP contribution is 2.30. The zero-order valence-electron chi connectivity index (χ0n) is 12.7. The van der Waals surface area contributed by atoms with Crippen molar-refractivity contribution in [3.05, 3.63) is 40.0 Å². The smallest absolute Gasteiger partial charge is 0.253 e. The molecule has 0 unspecified atom stereocenters. The number of hydrogen-bond acceptors (Lipinski definition) is 5. The molecule has 0 amide bonds. The van der Waals surface area contributed by atoms with Crippen LogP contribution in [0.15, 0.2) is 27.1 Å². The topological polar surface area (TPSA) is 60.2 Å². The number of nitrogens with zero attached hydrogens (tertiary/aromatic N) is 2. The van der Waals surface area contributed by atoms with Gasteiger partial charge in [-0.3, -0.25) is 0 Å². The fourth-order valence-corrected chi connectivity index (χ4v) is 2.27. The average molecular weight is 354 g/mol. The summed E-state index contributed by atoms with van der Waals surface area (Å²) in [6.07, 6.45) is 0. The summed E-state index contributed by atoms with van der Waals surface area (Å²) in [4.78, 5) is 0. The predicted molar refractivity (Wildman–Crippen MR) is 84.1 cm³/mol. The van der Waals surface area contributed by atoms with Crippen LogP contribution in [0.4, 0.5) is 0 Å². The number of halogens is 1. The monoisotopic (exact) mass is 353 g/mol. The lowest BCUT2D eigenvalue weighted by atomic mass is 10.1. The molecule has 0 saturated carbocycles. The molecule has 1 N–H and O–H groups in total. The summed E-state index contributed by atoms with van der Waals surface area (Å²) in [7, 11) is 0. The maximum absolute atomic E-state index is 5.85. The molecule has 0 saturated heterocycles. The van der Waals surface area contributed by atoms with Gasteiger partial charge in [0.2, 0.25) is 5.89 Å². The molecule has 1 aromatic carbocycles. The van der Waals surface area contributed by atoms with E-state index in [0.29, 0.717) is 11.8 Å². The van der Waals surface area contributed by atoms with Crippen LogP contribution in [-0.2, 0) is 13.2 Å². The molecule has 0 aliphatic carbocycles. The molecule has 114 valence electrons. The zero-order chi connectivity index (χ0) is 15.5. The normalized spacial score (nSPS) is 11.7. The molecule has 0 spiro atoms. The number of aryl methyl sites for hydroxylation is 1. The van der Waals surface area contributed by atoms with E-state index in [9.17, 15) is 0 Å². The highest BCUT2D eigenvalue weighted by molar-refractivity contribution is 9.10. The summed E-state index contributed by atoms with van der Waals surface area (Å²) in [6, 6.07) is 5.99. The van der Waals surface area contributed by atoms with E-state index in [1.807, 2.05) is 18.2 Å². The van der Waals surface area contributed by atoms with Crippen molar-refractivity contribution in [2.75, 3.05) is 0 Å². The van der Waals surface area contributed by atoms with Gasteiger partial charge in [-0.15, -0.1) is 10.2 Å². The van der Waals surface area contributed by atoms with E-state index in [1.54, 1.807) is 6.92 Å². The van der Waals surface area contributed by atoms with E-state index in [-0.39, 0.29) is 12.1 Å². The number of ether oxygens (including phenoxy) is 1. The molecule has 0 fully saturated rings. The Morgan fingerprint density at radius 3 is 2.67 bits per heavy atom. The lowest BCUT2D eigenvalue weighted by Crippen LogP contribution is -2.35. The summed E-state index contributed by atoms with van der Waals surface area (Å²) >= 11 is 3.53. The van der Waals surface area contributed by atoms with Crippen molar-refractivity contribution in [3.8, 4) is 5.75 Å². The second kappa shape index (κ2) is 6.58. The minimum Gasteiger partial charge on any atom is -0.482 e. The summed E-state index contributed by atoms with van der Waals surface area (Å²) in [6.45, 7) is 9.13. The van der Waals surface area contributed by atoms with Gasteiger partial charge in [0, 0.05) is 24.6 Å². The van der Waals surface area contributed by atoms with Crippen molar-refractivity contribution in [3.63, 3.8) is 0 Å². The van der Waals surface area contributed by atoms with E-state index >= 15 is 0 Å². The minimum absolute atomic E-state index is 0.0448. The summed E-state index contributed by atoms with van der Waals surface area (Å²) in [5.41, 5.74) is 1.12. The number of aromatic nitrogens is 2. The van der Waals surface area contributed by atoms with Crippen LogP contribution in [0, 0.1) is 6.92 Å². The highest BCUT2D eigenvalue weighted by Gasteiger charge is 2.14. The maximum atomic E-state index is 5.85. The molecular weight excluding hydrogens is 334 g/mol. The van der Waals surface area contributed by atoms with E-state index < -0.39 is 0 Å². The number of hydrogen-bond donors (Lipinski definition) is 1. The third kappa shape index (κ3) is 4.82. The molecule has 5 nitrogen and oxygen atoms in total. The first-order chi connectivity index (χ1) is 9.85. The van der Waals surface area contributed by atoms with E-state index in [4.69, 9.17) is 9.15 Å². The van der Waals surface area contributed by atoms with Crippen molar-refractivity contribution >= 4 is 15.9 Å². The Balaban J connectivity index is 2.10. The lowest BCUT2D eigenvalue weighted by Gasteiger charge is -2.22. The average Bonchev–Trinajstić information content (AvgIpc) is 2.80. The first-order valence-electron chi connectivity index (χ1n) is 6.79. The molecule has 6 heteroatoms. The van der Waals surface area contributed by atoms with Crippen LogP contribution in [0.1, 0.15) is 38.1 Å². The first kappa shape index (κ1) is 16.0. The number of benzene rings is 1. The zero-order valence-corrected chi connectivity index (χ0v) is 14.3. The molecular formula is C15H20BrN3O2. The van der Waals surface area contributed by atoms with Crippen LogP contribution in [0.25, 0.3) is 0 Å². The molecule has 0 radical (unpaired) electrons. The standard InChI is InChI=1S/C15H20BrN3O2/c1-10-18-19-13(21-10)9-20-14-11(6-5-7-12(14)16)8-17-15(2,3)4/h5-7,17H,8-9H2,1-4H3. The second-order valence-electron chi connectivity index (χ2n) is 5.84. The van der Waals surface area contributed by atoms with Crippen LogP contribution in [0.3, 0.4) is 0 Å². The Morgan fingerprint density at radius 1 is 1.29 bits per heavy atom. The van der Waals surface area contributed by atoms with Gasteiger partial charge in [-0.2, -0.15) is 0 Å². The number of para-hydroxylation sites is 1. The molecule has 1 heterocycles. The van der Waals surface area contributed by atoms with Gasteiger partial charge in [0.05, 0.1) is 4.47 Å². The molecule has 21 heavy (non-hydrogen) atoms. The van der Waals surface area contributed by atoms with Gasteiger partial charge in [-0.1, -0.05) is 12.1 Å².